The molecule has 0 unspecified atom stereocenters. The van der Waals surface area contributed by atoms with Crippen LogP contribution in [0, 0.1) is 0 Å². The lowest BCUT2D eigenvalue weighted by atomic mass is 10.1. The fourth-order valence-corrected chi connectivity index (χ4v) is 3.20. The minimum atomic E-state index is 0.575. The topological polar surface area (TPSA) is 81.7 Å². The van der Waals surface area contributed by atoms with Crippen molar-refractivity contribution in [3.63, 3.8) is 0 Å². The van der Waals surface area contributed by atoms with E-state index in [2.05, 4.69) is 43.9 Å². The Morgan fingerprint density at radius 3 is 2.69 bits per heavy atom. The summed E-state index contributed by atoms with van der Waals surface area (Å²) in [6.45, 7) is 3.65. The summed E-state index contributed by atoms with van der Waals surface area (Å²) < 4.78 is 7.14. The third-order valence-electron chi connectivity index (χ3n) is 4.73. The van der Waals surface area contributed by atoms with Crippen molar-refractivity contribution < 1.29 is 4.52 Å². The molecule has 0 radical (unpaired) electrons. The lowest BCUT2D eigenvalue weighted by Gasteiger charge is -2.06. The molecule has 0 spiro atoms. The Morgan fingerprint density at radius 2 is 1.97 bits per heavy atom. The molecule has 0 amide bonds. The first-order chi connectivity index (χ1) is 14.2. The molecule has 0 fully saturated rings. The van der Waals surface area contributed by atoms with E-state index in [4.69, 9.17) is 4.52 Å². The minimum absolute atomic E-state index is 0.575. The molecule has 29 heavy (non-hydrogen) atoms. The van der Waals surface area contributed by atoms with Gasteiger partial charge in [-0.2, -0.15) is 10.1 Å². The van der Waals surface area contributed by atoms with Gasteiger partial charge < -0.3 is 9.84 Å². The number of hydrogen-bond acceptors (Lipinski definition) is 6. The van der Waals surface area contributed by atoms with Crippen molar-refractivity contribution in [2.45, 2.75) is 26.3 Å². The van der Waals surface area contributed by atoms with Crippen molar-refractivity contribution in [3.8, 4) is 22.7 Å². The summed E-state index contributed by atoms with van der Waals surface area (Å²) in [5, 5.41) is 12.0. The maximum absolute atomic E-state index is 5.29. The predicted octanol–water partition coefficient (Wildman–Crippen LogP) is 3.43. The Balaban J connectivity index is 1.32. The SMILES string of the molecule is CCc1noc(-c2ccc(CCNCc3cn(C)nc3-c3cccnc3)cc2)n1. The van der Waals surface area contributed by atoms with Crippen LogP contribution in [0.5, 0.6) is 0 Å². The highest BCUT2D eigenvalue weighted by molar-refractivity contribution is 5.61. The van der Waals surface area contributed by atoms with Gasteiger partial charge in [0.2, 0.25) is 0 Å². The zero-order valence-corrected chi connectivity index (χ0v) is 16.7. The van der Waals surface area contributed by atoms with Crippen LogP contribution in [0.25, 0.3) is 22.7 Å². The summed E-state index contributed by atoms with van der Waals surface area (Å²) >= 11 is 0. The van der Waals surface area contributed by atoms with Gasteiger partial charge in [0.15, 0.2) is 5.82 Å². The van der Waals surface area contributed by atoms with Crippen LogP contribution < -0.4 is 5.32 Å². The summed E-state index contributed by atoms with van der Waals surface area (Å²) in [7, 11) is 1.94. The van der Waals surface area contributed by atoms with Gasteiger partial charge in [-0.25, -0.2) is 0 Å². The van der Waals surface area contributed by atoms with E-state index in [0.717, 1.165) is 48.6 Å². The average molecular weight is 388 g/mol. The summed E-state index contributed by atoms with van der Waals surface area (Å²) in [5.74, 6) is 1.31. The number of aryl methyl sites for hydroxylation is 2. The molecule has 4 rings (SSSR count). The molecule has 7 heteroatoms. The largest absolute Gasteiger partial charge is 0.334 e. The lowest BCUT2D eigenvalue weighted by molar-refractivity contribution is 0.423. The molecule has 0 aliphatic rings. The fourth-order valence-electron chi connectivity index (χ4n) is 3.20. The van der Waals surface area contributed by atoms with Crippen LogP contribution in [-0.4, -0.2) is 31.4 Å². The van der Waals surface area contributed by atoms with Crippen LogP contribution in [0.4, 0.5) is 0 Å². The predicted molar refractivity (Wildman–Crippen MR) is 111 cm³/mol. The number of hydrogen-bond donors (Lipinski definition) is 1. The first-order valence-corrected chi connectivity index (χ1v) is 9.78. The molecule has 3 aromatic heterocycles. The van der Waals surface area contributed by atoms with Crippen molar-refractivity contribution in [1.82, 2.24) is 30.2 Å². The second-order valence-corrected chi connectivity index (χ2v) is 6.91. The highest BCUT2D eigenvalue weighted by Gasteiger charge is 2.10. The molecule has 148 valence electrons. The molecule has 0 aliphatic carbocycles. The van der Waals surface area contributed by atoms with Crippen molar-refractivity contribution in [2.24, 2.45) is 7.05 Å². The highest BCUT2D eigenvalue weighted by atomic mass is 16.5. The molecule has 4 aromatic rings. The summed E-state index contributed by atoms with van der Waals surface area (Å²) in [4.78, 5) is 8.57. The first-order valence-electron chi connectivity index (χ1n) is 9.78. The maximum atomic E-state index is 5.29. The zero-order chi connectivity index (χ0) is 20.1. The zero-order valence-electron chi connectivity index (χ0n) is 16.7. The van der Waals surface area contributed by atoms with Crippen molar-refractivity contribution in [1.29, 1.82) is 0 Å². The van der Waals surface area contributed by atoms with Crippen LogP contribution >= 0.6 is 0 Å². The molecule has 0 saturated carbocycles. The van der Waals surface area contributed by atoms with Gasteiger partial charge in [-0.3, -0.25) is 9.67 Å². The molecule has 1 N–H and O–H groups in total. The van der Waals surface area contributed by atoms with Gasteiger partial charge in [0.25, 0.3) is 5.89 Å². The Hall–Kier alpha value is -3.32. The molecule has 7 nitrogen and oxygen atoms in total. The van der Waals surface area contributed by atoms with Gasteiger partial charge in [-0.15, -0.1) is 0 Å². The number of nitrogens with zero attached hydrogens (tertiary/aromatic N) is 5. The van der Waals surface area contributed by atoms with E-state index in [1.54, 1.807) is 6.20 Å². The lowest BCUT2D eigenvalue weighted by Crippen LogP contribution is -2.16. The molecular weight excluding hydrogens is 364 g/mol. The number of nitrogens with one attached hydrogen (secondary N) is 1. The number of benzene rings is 1. The number of aromatic nitrogens is 5. The van der Waals surface area contributed by atoms with E-state index < -0.39 is 0 Å². The van der Waals surface area contributed by atoms with Crippen molar-refractivity contribution >= 4 is 0 Å². The van der Waals surface area contributed by atoms with Gasteiger partial charge in [-0.1, -0.05) is 24.2 Å². The first kappa shape index (κ1) is 19.0. The standard InChI is InChI=1S/C22H24N6O/c1-3-20-25-22(29-27-20)17-8-6-16(7-9-17)10-12-24-14-19-15-28(2)26-21(19)18-5-4-11-23-13-18/h4-9,11,13,15,24H,3,10,12,14H2,1-2H3. The van der Waals surface area contributed by atoms with Crippen LogP contribution in [0.1, 0.15) is 23.9 Å². The van der Waals surface area contributed by atoms with Crippen molar-refractivity contribution in [2.75, 3.05) is 6.54 Å². The van der Waals surface area contributed by atoms with Crippen LogP contribution in [0.15, 0.2) is 59.5 Å². The van der Waals surface area contributed by atoms with E-state index in [9.17, 15) is 0 Å². The highest BCUT2D eigenvalue weighted by Crippen LogP contribution is 2.21. The average Bonchev–Trinajstić information content (AvgIpc) is 3.39. The molecule has 0 atom stereocenters. The smallest absolute Gasteiger partial charge is 0.257 e. The second kappa shape index (κ2) is 8.79. The number of pyridine rings is 1. The van der Waals surface area contributed by atoms with Gasteiger partial charge >= 0.3 is 0 Å². The van der Waals surface area contributed by atoms with Gasteiger partial charge in [0, 0.05) is 55.3 Å². The van der Waals surface area contributed by atoms with E-state index in [-0.39, 0.29) is 0 Å². The summed E-state index contributed by atoms with van der Waals surface area (Å²) in [6, 6.07) is 12.2. The van der Waals surface area contributed by atoms with Crippen LogP contribution in [0.3, 0.4) is 0 Å². The molecule has 0 saturated heterocycles. The van der Waals surface area contributed by atoms with Gasteiger partial charge in [0.05, 0.1) is 5.69 Å². The van der Waals surface area contributed by atoms with Crippen LogP contribution in [-0.2, 0) is 26.4 Å². The Morgan fingerprint density at radius 1 is 1.10 bits per heavy atom. The molecular formula is C22H24N6O. The Bertz CT molecular complexity index is 1050. The van der Waals surface area contributed by atoms with E-state index in [0.29, 0.717) is 5.89 Å². The third kappa shape index (κ3) is 4.57. The van der Waals surface area contributed by atoms with Gasteiger partial charge in [-0.05, 0) is 42.8 Å². The summed E-state index contributed by atoms with van der Waals surface area (Å²) in [5.41, 5.74) is 5.38. The normalized spacial score (nSPS) is 11.1. The van der Waals surface area contributed by atoms with E-state index in [1.165, 1.54) is 11.1 Å². The monoisotopic (exact) mass is 388 g/mol. The quantitative estimate of drug-likeness (QED) is 0.466. The van der Waals surface area contributed by atoms with E-state index in [1.807, 2.05) is 49.1 Å². The molecule has 3 heterocycles. The molecule has 0 aliphatic heterocycles. The second-order valence-electron chi connectivity index (χ2n) is 6.91. The Kier molecular flexibility index (Phi) is 5.76. The van der Waals surface area contributed by atoms with E-state index >= 15 is 0 Å². The maximum Gasteiger partial charge on any atom is 0.257 e. The number of rotatable bonds is 8. The molecule has 1 aromatic carbocycles. The van der Waals surface area contributed by atoms with Gasteiger partial charge in [0.1, 0.15) is 0 Å². The van der Waals surface area contributed by atoms with Crippen molar-refractivity contribution in [3.05, 3.63) is 71.9 Å². The minimum Gasteiger partial charge on any atom is -0.334 e. The third-order valence-corrected chi connectivity index (χ3v) is 4.73. The summed E-state index contributed by atoms with van der Waals surface area (Å²) in [6.07, 6.45) is 7.38. The molecule has 0 bridgehead atoms. The fraction of sp³-hybridized carbons (Fsp3) is 0.273. The Labute approximate surface area is 169 Å². The van der Waals surface area contributed by atoms with Crippen LogP contribution in [0.2, 0.25) is 0 Å².